The Labute approximate surface area is 185 Å². The van der Waals surface area contributed by atoms with Crippen LogP contribution in [0.3, 0.4) is 0 Å². The number of carbonyl (C=O) groups is 1. The second-order valence-corrected chi connectivity index (χ2v) is 8.42. The van der Waals surface area contributed by atoms with Crippen molar-refractivity contribution in [1.29, 1.82) is 0 Å². The summed E-state index contributed by atoms with van der Waals surface area (Å²) in [6, 6.07) is 14.4. The van der Waals surface area contributed by atoms with Gasteiger partial charge in [-0.25, -0.2) is 0 Å². The minimum absolute atomic E-state index is 0.0257. The van der Waals surface area contributed by atoms with Crippen molar-refractivity contribution in [2.75, 3.05) is 51.8 Å². The molecular weight excluding hydrogens is 390 g/mol. The molecule has 0 saturated carbocycles. The van der Waals surface area contributed by atoms with Gasteiger partial charge in [-0.2, -0.15) is 0 Å². The van der Waals surface area contributed by atoms with Crippen LogP contribution in [0.2, 0.25) is 0 Å². The van der Waals surface area contributed by atoms with Crippen molar-refractivity contribution in [3.05, 3.63) is 53.6 Å². The molecule has 6 heteroatoms. The Hall–Kier alpha value is -2.73. The van der Waals surface area contributed by atoms with Crippen LogP contribution < -0.4 is 19.7 Å². The van der Waals surface area contributed by atoms with Gasteiger partial charge in [0.2, 0.25) is 0 Å². The maximum Gasteiger partial charge on any atom is 0.258 e. The van der Waals surface area contributed by atoms with E-state index in [0.717, 1.165) is 26.1 Å². The summed E-state index contributed by atoms with van der Waals surface area (Å²) < 4.78 is 11.0. The normalized spacial score (nSPS) is 17.2. The molecule has 2 aliphatic heterocycles. The number of anilines is 1. The molecule has 31 heavy (non-hydrogen) atoms. The van der Waals surface area contributed by atoms with Crippen LogP contribution in [-0.2, 0) is 11.2 Å². The molecule has 0 unspecified atom stereocenters. The van der Waals surface area contributed by atoms with Gasteiger partial charge in [-0.3, -0.25) is 9.69 Å². The molecule has 0 aliphatic carbocycles. The number of fused-ring (bicyclic) bond motifs is 1. The molecule has 1 N–H and O–H groups in total. The Morgan fingerprint density at radius 1 is 1.06 bits per heavy atom. The Morgan fingerprint density at radius 2 is 1.84 bits per heavy atom. The van der Waals surface area contributed by atoms with E-state index in [2.05, 4.69) is 40.4 Å². The summed E-state index contributed by atoms with van der Waals surface area (Å²) in [5.74, 6) is 1.09. The van der Waals surface area contributed by atoms with E-state index in [1.807, 2.05) is 24.3 Å². The van der Waals surface area contributed by atoms with Gasteiger partial charge in [-0.1, -0.05) is 24.3 Å². The lowest BCUT2D eigenvalue weighted by atomic mass is 9.96. The minimum Gasteiger partial charge on any atom is -0.493 e. The largest absolute Gasteiger partial charge is 0.493 e. The fraction of sp³-hybridized carbons (Fsp3) is 0.480. The van der Waals surface area contributed by atoms with Crippen LogP contribution in [0.15, 0.2) is 42.5 Å². The van der Waals surface area contributed by atoms with Gasteiger partial charge in [0, 0.05) is 25.8 Å². The number of carbonyl (C=O) groups excluding carboxylic acids is 1. The van der Waals surface area contributed by atoms with E-state index in [-0.39, 0.29) is 18.6 Å². The molecule has 4 rings (SSSR count). The number of hydrogen-bond acceptors (Lipinski definition) is 5. The molecule has 2 aromatic carbocycles. The molecular formula is C25H33N3O3. The van der Waals surface area contributed by atoms with Gasteiger partial charge in [0.25, 0.3) is 5.91 Å². The number of methoxy groups -OCH3 is 1. The number of rotatable bonds is 8. The van der Waals surface area contributed by atoms with Crippen LogP contribution in [0.25, 0.3) is 0 Å². The molecule has 2 heterocycles. The fourth-order valence-corrected chi connectivity index (χ4v) is 4.67. The van der Waals surface area contributed by atoms with Crippen LogP contribution in [0, 0.1) is 0 Å². The molecule has 1 fully saturated rings. The van der Waals surface area contributed by atoms with Gasteiger partial charge < -0.3 is 19.7 Å². The van der Waals surface area contributed by atoms with Crippen molar-refractivity contribution >= 4 is 11.6 Å². The van der Waals surface area contributed by atoms with Crippen LogP contribution in [0.4, 0.5) is 5.69 Å². The monoisotopic (exact) mass is 423 g/mol. The SMILES string of the molecule is COc1ccccc1OCC(=O)NC[C@H](c1ccc2c(c1)CCCN2C)N1CCCC1. The highest BCUT2D eigenvalue weighted by atomic mass is 16.5. The molecule has 1 atom stereocenters. The van der Waals surface area contributed by atoms with Crippen LogP contribution in [0.1, 0.15) is 36.4 Å². The predicted octanol–water partition coefficient (Wildman–Crippen LogP) is 3.41. The van der Waals surface area contributed by atoms with Crippen molar-refractivity contribution in [3.8, 4) is 11.5 Å². The van der Waals surface area contributed by atoms with E-state index in [1.54, 1.807) is 7.11 Å². The summed E-state index contributed by atoms with van der Waals surface area (Å²) in [6.45, 7) is 3.83. The number of likely N-dealkylation sites (tertiary alicyclic amines) is 1. The first-order valence-electron chi connectivity index (χ1n) is 11.3. The van der Waals surface area contributed by atoms with Crippen LogP contribution in [0.5, 0.6) is 11.5 Å². The lowest BCUT2D eigenvalue weighted by Crippen LogP contribution is -2.38. The zero-order valence-electron chi connectivity index (χ0n) is 18.6. The Balaban J connectivity index is 1.41. The predicted molar refractivity (Wildman–Crippen MR) is 123 cm³/mol. The van der Waals surface area contributed by atoms with Crippen molar-refractivity contribution in [1.82, 2.24) is 10.2 Å². The highest BCUT2D eigenvalue weighted by Crippen LogP contribution is 2.32. The number of nitrogens with one attached hydrogen (secondary N) is 1. The first-order valence-corrected chi connectivity index (χ1v) is 11.3. The molecule has 2 aliphatic rings. The van der Waals surface area contributed by atoms with Gasteiger partial charge in [-0.05, 0) is 68.1 Å². The first-order chi connectivity index (χ1) is 15.2. The molecule has 1 amide bonds. The average Bonchev–Trinajstić information content (AvgIpc) is 3.33. The number of amides is 1. The third-order valence-corrected chi connectivity index (χ3v) is 6.34. The smallest absolute Gasteiger partial charge is 0.258 e. The van der Waals surface area contributed by atoms with Crippen LogP contribution >= 0.6 is 0 Å². The van der Waals surface area contributed by atoms with E-state index in [0.29, 0.717) is 18.0 Å². The Bertz CT molecular complexity index is 895. The van der Waals surface area contributed by atoms with Gasteiger partial charge >= 0.3 is 0 Å². The van der Waals surface area contributed by atoms with Gasteiger partial charge in [0.1, 0.15) is 0 Å². The molecule has 0 aromatic heterocycles. The number of hydrogen-bond donors (Lipinski definition) is 1. The second kappa shape index (κ2) is 10.1. The standard InChI is InChI=1S/C25H33N3O3/c1-27-13-7-8-19-16-20(11-12-21(19)27)22(28-14-5-6-15-28)17-26-25(29)18-31-24-10-4-3-9-23(24)30-2/h3-4,9-12,16,22H,5-8,13-15,17-18H2,1-2H3,(H,26,29)/t22-/m1/s1. The Kier molecular flexibility index (Phi) is 6.97. The van der Waals surface area contributed by atoms with E-state index in [4.69, 9.17) is 9.47 Å². The van der Waals surface area contributed by atoms with Crippen molar-refractivity contribution < 1.29 is 14.3 Å². The maximum absolute atomic E-state index is 12.5. The zero-order chi connectivity index (χ0) is 21.6. The number of aryl methyl sites for hydroxylation is 1. The lowest BCUT2D eigenvalue weighted by molar-refractivity contribution is -0.123. The molecule has 2 aromatic rings. The summed E-state index contributed by atoms with van der Waals surface area (Å²) >= 11 is 0. The number of nitrogens with zero attached hydrogens (tertiary/aromatic N) is 2. The summed E-state index contributed by atoms with van der Waals surface area (Å²) in [7, 11) is 3.76. The molecule has 6 nitrogen and oxygen atoms in total. The first kappa shape index (κ1) is 21.5. The van der Waals surface area contributed by atoms with Crippen molar-refractivity contribution in [3.63, 3.8) is 0 Å². The summed E-state index contributed by atoms with van der Waals surface area (Å²) in [5, 5.41) is 3.10. The average molecular weight is 424 g/mol. The minimum atomic E-state index is -0.118. The second-order valence-electron chi connectivity index (χ2n) is 8.42. The van der Waals surface area contributed by atoms with Crippen molar-refractivity contribution in [2.24, 2.45) is 0 Å². The van der Waals surface area contributed by atoms with Gasteiger partial charge in [-0.15, -0.1) is 0 Å². The molecule has 1 saturated heterocycles. The fourth-order valence-electron chi connectivity index (χ4n) is 4.67. The topological polar surface area (TPSA) is 54.0 Å². The zero-order valence-corrected chi connectivity index (χ0v) is 18.6. The van der Waals surface area contributed by atoms with E-state index in [9.17, 15) is 4.79 Å². The quantitative estimate of drug-likeness (QED) is 0.705. The molecule has 0 radical (unpaired) electrons. The third kappa shape index (κ3) is 5.13. The van der Waals surface area contributed by atoms with Crippen LogP contribution in [-0.4, -0.2) is 57.8 Å². The van der Waals surface area contributed by atoms with E-state index < -0.39 is 0 Å². The van der Waals surface area contributed by atoms with Gasteiger partial charge in [0.05, 0.1) is 13.2 Å². The molecule has 166 valence electrons. The highest BCUT2D eigenvalue weighted by Gasteiger charge is 2.25. The summed E-state index contributed by atoms with van der Waals surface area (Å²) in [5.41, 5.74) is 4.05. The summed E-state index contributed by atoms with van der Waals surface area (Å²) in [4.78, 5) is 17.4. The van der Waals surface area contributed by atoms with Crippen molar-refractivity contribution in [2.45, 2.75) is 31.7 Å². The maximum atomic E-state index is 12.5. The molecule has 0 spiro atoms. The summed E-state index contributed by atoms with van der Waals surface area (Å²) in [6.07, 6.45) is 4.75. The van der Waals surface area contributed by atoms with E-state index in [1.165, 1.54) is 36.1 Å². The highest BCUT2D eigenvalue weighted by molar-refractivity contribution is 5.77. The Morgan fingerprint density at radius 3 is 2.61 bits per heavy atom. The number of para-hydroxylation sites is 2. The van der Waals surface area contributed by atoms with Gasteiger partial charge in [0.15, 0.2) is 18.1 Å². The molecule has 0 bridgehead atoms. The third-order valence-electron chi connectivity index (χ3n) is 6.34. The van der Waals surface area contributed by atoms with E-state index >= 15 is 0 Å². The lowest BCUT2D eigenvalue weighted by Gasteiger charge is -2.32. The number of benzene rings is 2. The number of ether oxygens (including phenoxy) is 2.